The van der Waals surface area contributed by atoms with Crippen molar-refractivity contribution in [3.05, 3.63) is 170 Å². The van der Waals surface area contributed by atoms with E-state index < -0.39 is 0 Å². The molecule has 256 valence electrons. The van der Waals surface area contributed by atoms with Gasteiger partial charge in [0.05, 0.1) is 22.1 Å². The van der Waals surface area contributed by atoms with Crippen LogP contribution in [0.3, 0.4) is 0 Å². The van der Waals surface area contributed by atoms with Crippen molar-refractivity contribution in [2.45, 2.75) is 0 Å². The van der Waals surface area contributed by atoms with E-state index in [1.165, 1.54) is 25.6 Å². The fourth-order valence-electron chi connectivity index (χ4n) is 8.48. The van der Waals surface area contributed by atoms with Gasteiger partial charge in [-0.05, 0) is 47.9 Å². The highest BCUT2D eigenvalue weighted by molar-refractivity contribution is 7.25. The Morgan fingerprint density at radius 3 is 1.80 bits per heavy atom. The lowest BCUT2D eigenvalue weighted by Gasteiger charge is -2.12. The molecule has 0 fully saturated rings. The van der Waals surface area contributed by atoms with Gasteiger partial charge in [-0.25, -0.2) is 15.0 Å². The first-order valence-electron chi connectivity index (χ1n) is 18.4. The summed E-state index contributed by atoms with van der Waals surface area (Å²) >= 11 is 1.79. The van der Waals surface area contributed by atoms with E-state index in [2.05, 4.69) is 156 Å². The summed E-state index contributed by atoms with van der Waals surface area (Å²) < 4.78 is 11.6. The zero-order valence-corrected chi connectivity index (χ0v) is 30.1. The predicted octanol–water partition coefficient (Wildman–Crippen LogP) is 13.4. The van der Waals surface area contributed by atoms with Crippen LogP contribution in [0.1, 0.15) is 0 Å². The summed E-state index contributed by atoms with van der Waals surface area (Å²) in [7, 11) is 0. The summed E-state index contributed by atoms with van der Waals surface area (Å²) in [5.41, 5.74) is 7.88. The van der Waals surface area contributed by atoms with Crippen molar-refractivity contribution < 1.29 is 4.42 Å². The maximum atomic E-state index is 6.82. The molecule has 4 heterocycles. The molecule has 0 radical (unpaired) electrons. The van der Waals surface area contributed by atoms with E-state index >= 15 is 0 Å². The van der Waals surface area contributed by atoms with E-state index in [1.54, 1.807) is 11.3 Å². The lowest BCUT2D eigenvalue weighted by Crippen LogP contribution is -2.01. The standard InChI is InChI=1S/C49H28N4OS/c1-2-14-29(15-3-1)47-50-48(35-21-12-27-43-44(35)34-20-8-11-26-42(34)55-43)52-49(51-47)36-28-37-45-40(24-13-25-41(45)54-46(37)33-19-5-4-16-30(33)36)53-38-22-9-6-17-31(38)32-18-7-10-23-39(32)53/h1-28H. The van der Waals surface area contributed by atoms with Gasteiger partial charge in [-0.1, -0.05) is 127 Å². The van der Waals surface area contributed by atoms with Crippen LogP contribution in [0.15, 0.2) is 174 Å². The summed E-state index contributed by atoms with van der Waals surface area (Å²) in [6.45, 7) is 0. The van der Waals surface area contributed by atoms with Crippen molar-refractivity contribution in [2.24, 2.45) is 0 Å². The molecule has 5 nitrogen and oxygen atoms in total. The Morgan fingerprint density at radius 1 is 0.418 bits per heavy atom. The van der Waals surface area contributed by atoms with E-state index in [1.807, 2.05) is 18.2 Å². The molecule has 0 spiro atoms. The highest BCUT2D eigenvalue weighted by atomic mass is 32.1. The van der Waals surface area contributed by atoms with E-state index in [-0.39, 0.29) is 0 Å². The van der Waals surface area contributed by atoms with Gasteiger partial charge >= 0.3 is 0 Å². The molecule has 0 aliphatic rings. The van der Waals surface area contributed by atoms with E-state index in [0.29, 0.717) is 17.5 Å². The average Bonchev–Trinajstić information content (AvgIpc) is 3.93. The molecule has 12 rings (SSSR count). The summed E-state index contributed by atoms with van der Waals surface area (Å²) in [6, 6.07) is 59.5. The molecule has 0 amide bonds. The smallest absolute Gasteiger partial charge is 0.164 e. The highest BCUT2D eigenvalue weighted by Gasteiger charge is 2.23. The van der Waals surface area contributed by atoms with Crippen LogP contribution in [-0.4, -0.2) is 19.5 Å². The minimum absolute atomic E-state index is 0.613. The summed E-state index contributed by atoms with van der Waals surface area (Å²) in [4.78, 5) is 15.8. The lowest BCUT2D eigenvalue weighted by atomic mass is 9.99. The van der Waals surface area contributed by atoms with Gasteiger partial charge in [-0.3, -0.25) is 0 Å². The second kappa shape index (κ2) is 11.7. The van der Waals surface area contributed by atoms with Gasteiger partial charge in [0.15, 0.2) is 17.5 Å². The average molecular weight is 721 g/mol. The number of hydrogen-bond acceptors (Lipinski definition) is 5. The summed E-state index contributed by atoms with van der Waals surface area (Å²) in [5, 5.41) is 8.88. The second-order valence-electron chi connectivity index (χ2n) is 13.9. The molecule has 4 aromatic heterocycles. The quantitative estimate of drug-likeness (QED) is 0.182. The molecule has 0 saturated heterocycles. The van der Waals surface area contributed by atoms with Crippen molar-refractivity contribution in [1.29, 1.82) is 0 Å². The van der Waals surface area contributed by atoms with E-state index in [4.69, 9.17) is 19.4 Å². The maximum absolute atomic E-state index is 6.82. The number of rotatable bonds is 4. The van der Waals surface area contributed by atoms with Crippen LogP contribution in [0.25, 0.3) is 115 Å². The molecule has 0 N–H and O–H groups in total. The molecule has 0 atom stereocenters. The summed E-state index contributed by atoms with van der Waals surface area (Å²) in [5.74, 6) is 1.89. The van der Waals surface area contributed by atoms with Gasteiger partial charge in [0.2, 0.25) is 0 Å². The molecule has 6 heteroatoms. The van der Waals surface area contributed by atoms with Crippen molar-refractivity contribution in [2.75, 3.05) is 0 Å². The largest absolute Gasteiger partial charge is 0.455 e. The van der Waals surface area contributed by atoms with Crippen LogP contribution >= 0.6 is 11.3 Å². The zero-order valence-electron chi connectivity index (χ0n) is 29.3. The van der Waals surface area contributed by atoms with Gasteiger partial charge in [-0.2, -0.15) is 0 Å². The fourth-order valence-corrected chi connectivity index (χ4v) is 9.61. The molecule has 0 saturated carbocycles. The first-order chi connectivity index (χ1) is 27.3. The first-order valence-corrected chi connectivity index (χ1v) is 19.2. The van der Waals surface area contributed by atoms with Gasteiger partial charge in [0.25, 0.3) is 0 Å². The maximum Gasteiger partial charge on any atom is 0.164 e. The van der Waals surface area contributed by atoms with Gasteiger partial charge in [0.1, 0.15) is 11.2 Å². The number of fused-ring (bicyclic) bond motifs is 11. The molecular weight excluding hydrogens is 693 g/mol. The molecular formula is C49H28N4OS. The molecule has 0 unspecified atom stereocenters. The Bertz CT molecular complexity index is 3450. The first kappa shape index (κ1) is 30.3. The number of nitrogens with zero attached hydrogens (tertiary/aromatic N) is 4. The third-order valence-electron chi connectivity index (χ3n) is 10.9. The van der Waals surface area contributed by atoms with Crippen LogP contribution in [-0.2, 0) is 0 Å². The normalized spacial score (nSPS) is 12.0. The number of benzene rings is 8. The molecule has 0 bridgehead atoms. The van der Waals surface area contributed by atoms with Crippen LogP contribution in [0.2, 0.25) is 0 Å². The van der Waals surface area contributed by atoms with E-state index in [9.17, 15) is 0 Å². The fraction of sp³-hybridized carbons (Fsp3) is 0. The van der Waals surface area contributed by atoms with Gasteiger partial charge in [0, 0.05) is 58.4 Å². The van der Waals surface area contributed by atoms with Crippen LogP contribution in [0.5, 0.6) is 0 Å². The number of thiophene rings is 1. The van der Waals surface area contributed by atoms with Gasteiger partial charge < -0.3 is 8.98 Å². The third-order valence-corrected chi connectivity index (χ3v) is 12.0. The molecule has 0 aliphatic carbocycles. The number of hydrogen-bond donors (Lipinski definition) is 0. The third kappa shape index (κ3) is 4.49. The molecule has 0 aliphatic heterocycles. The molecule has 55 heavy (non-hydrogen) atoms. The van der Waals surface area contributed by atoms with E-state index in [0.717, 1.165) is 71.5 Å². The Morgan fingerprint density at radius 2 is 1.02 bits per heavy atom. The highest BCUT2D eigenvalue weighted by Crippen LogP contribution is 2.44. The monoisotopic (exact) mass is 720 g/mol. The Balaban J connectivity index is 1.18. The molecule has 12 aromatic rings. The lowest BCUT2D eigenvalue weighted by molar-refractivity contribution is 0.672. The van der Waals surface area contributed by atoms with Crippen LogP contribution in [0, 0.1) is 0 Å². The topological polar surface area (TPSA) is 56.7 Å². The Hall–Kier alpha value is -7.15. The number of furan rings is 1. The van der Waals surface area contributed by atoms with Crippen LogP contribution in [0.4, 0.5) is 0 Å². The van der Waals surface area contributed by atoms with Gasteiger partial charge in [-0.15, -0.1) is 11.3 Å². The predicted molar refractivity (Wildman–Crippen MR) is 228 cm³/mol. The SMILES string of the molecule is c1ccc(-c2nc(-c3cc4c(oc5cccc(-n6c7ccccc7c7ccccc76)c54)c4ccccc34)nc(-c3cccc4sc5ccccc5c34)n2)cc1. The summed E-state index contributed by atoms with van der Waals surface area (Å²) in [6.07, 6.45) is 0. The van der Waals surface area contributed by atoms with Crippen molar-refractivity contribution in [1.82, 2.24) is 19.5 Å². The Kier molecular flexibility index (Phi) is 6.44. The minimum atomic E-state index is 0.613. The minimum Gasteiger partial charge on any atom is -0.455 e. The van der Waals surface area contributed by atoms with Crippen LogP contribution < -0.4 is 0 Å². The number of aromatic nitrogens is 4. The molecule has 8 aromatic carbocycles. The van der Waals surface area contributed by atoms with Crippen molar-refractivity contribution >= 4 is 86.0 Å². The second-order valence-corrected chi connectivity index (χ2v) is 15.0. The van der Waals surface area contributed by atoms with Crippen molar-refractivity contribution in [3.63, 3.8) is 0 Å². The zero-order chi connectivity index (χ0) is 36.0. The van der Waals surface area contributed by atoms with Crippen molar-refractivity contribution in [3.8, 4) is 39.9 Å². The Labute approximate surface area is 318 Å². The number of para-hydroxylation sites is 2.